The van der Waals surface area contributed by atoms with E-state index in [0.29, 0.717) is 6.61 Å². The molecule has 0 spiro atoms. The summed E-state index contributed by atoms with van der Waals surface area (Å²) in [5.41, 5.74) is 1.02. The van der Waals surface area contributed by atoms with Gasteiger partial charge in [0.05, 0.1) is 12.5 Å². The summed E-state index contributed by atoms with van der Waals surface area (Å²) in [7, 11) is 1.87. The van der Waals surface area contributed by atoms with Crippen molar-refractivity contribution in [2.75, 3.05) is 19.0 Å². The highest BCUT2D eigenvalue weighted by atomic mass is 79.9. The first-order valence-corrected chi connectivity index (χ1v) is 7.31. The van der Waals surface area contributed by atoms with Gasteiger partial charge in [-0.3, -0.25) is 4.79 Å². The number of hydrogen-bond acceptors (Lipinski definition) is 2. The second kappa shape index (κ2) is 5.74. The normalized spacial score (nSPS) is 19.6. The Morgan fingerprint density at radius 3 is 3.00 bits per heavy atom. The van der Waals surface area contributed by atoms with Crippen molar-refractivity contribution in [1.82, 2.24) is 4.90 Å². The molecule has 98 valence electrons. The monoisotopic (exact) mass is 311 g/mol. The molecule has 1 aliphatic heterocycles. The summed E-state index contributed by atoms with van der Waals surface area (Å²) in [5.74, 6) is 0.959. The van der Waals surface area contributed by atoms with E-state index in [4.69, 9.17) is 4.74 Å². The Balaban J connectivity index is 2.22. The summed E-state index contributed by atoms with van der Waals surface area (Å²) in [6, 6.07) is 8.03. The second-order valence-corrected chi connectivity index (χ2v) is 5.33. The average Bonchev–Trinajstić information content (AvgIpc) is 2.44. The summed E-state index contributed by atoms with van der Waals surface area (Å²) in [5, 5.41) is 0.792. The highest BCUT2D eigenvalue weighted by Crippen LogP contribution is 2.34. The molecule has 1 aromatic rings. The first kappa shape index (κ1) is 13.4. The quantitative estimate of drug-likeness (QED) is 0.803. The van der Waals surface area contributed by atoms with Crippen molar-refractivity contribution < 1.29 is 9.53 Å². The molecule has 4 heteroatoms. The van der Waals surface area contributed by atoms with Gasteiger partial charge in [-0.2, -0.15) is 0 Å². The lowest BCUT2D eigenvalue weighted by atomic mass is 9.91. The Morgan fingerprint density at radius 1 is 1.56 bits per heavy atom. The first-order valence-electron chi connectivity index (χ1n) is 6.19. The molecule has 1 amide bonds. The Bertz CT molecular complexity index is 436. The van der Waals surface area contributed by atoms with E-state index in [2.05, 4.69) is 15.9 Å². The van der Waals surface area contributed by atoms with Crippen LogP contribution in [0, 0.1) is 0 Å². The van der Waals surface area contributed by atoms with Gasteiger partial charge in [-0.15, -0.1) is 0 Å². The first-order chi connectivity index (χ1) is 8.65. The molecule has 0 radical (unpaired) electrons. The van der Waals surface area contributed by atoms with E-state index in [1.165, 1.54) is 0 Å². The predicted octanol–water partition coefficient (Wildman–Crippen LogP) is 2.79. The number of amides is 1. The predicted molar refractivity (Wildman–Crippen MR) is 75.3 cm³/mol. The van der Waals surface area contributed by atoms with Gasteiger partial charge in [0.1, 0.15) is 5.75 Å². The largest absolute Gasteiger partial charge is 0.493 e. The smallest absolute Gasteiger partial charge is 0.230 e. The topological polar surface area (TPSA) is 29.5 Å². The van der Waals surface area contributed by atoms with Gasteiger partial charge in [0, 0.05) is 24.0 Å². The lowest BCUT2D eigenvalue weighted by Gasteiger charge is -2.31. The van der Waals surface area contributed by atoms with Crippen LogP contribution in [0.3, 0.4) is 0 Å². The molecule has 1 aliphatic rings. The van der Waals surface area contributed by atoms with E-state index in [0.717, 1.165) is 23.1 Å². The number of benzene rings is 1. The number of fused-ring (bicyclic) bond motifs is 1. The Labute approximate surface area is 116 Å². The number of halogens is 1. The molecule has 2 atom stereocenters. The van der Waals surface area contributed by atoms with E-state index in [1.54, 1.807) is 0 Å². The number of carbonyl (C=O) groups excluding carboxylic acids is 1. The van der Waals surface area contributed by atoms with Gasteiger partial charge in [0.2, 0.25) is 5.91 Å². The van der Waals surface area contributed by atoms with Gasteiger partial charge in [-0.1, -0.05) is 34.1 Å². The van der Waals surface area contributed by atoms with Crippen molar-refractivity contribution in [3.05, 3.63) is 29.8 Å². The lowest BCUT2D eigenvalue weighted by Crippen LogP contribution is -2.40. The number of ether oxygens (including phenoxy) is 1. The molecule has 18 heavy (non-hydrogen) atoms. The van der Waals surface area contributed by atoms with Crippen LogP contribution in [0.5, 0.6) is 5.75 Å². The molecular formula is C14H18BrNO2. The maximum atomic E-state index is 12.5. The van der Waals surface area contributed by atoms with E-state index in [-0.39, 0.29) is 17.9 Å². The number of alkyl halides is 1. The summed E-state index contributed by atoms with van der Waals surface area (Å²) in [6.45, 7) is 2.65. The zero-order chi connectivity index (χ0) is 13.1. The molecule has 2 rings (SSSR count). The maximum Gasteiger partial charge on any atom is 0.230 e. The summed E-state index contributed by atoms with van der Waals surface area (Å²) in [6.07, 6.45) is 0.759. The molecule has 0 aromatic heterocycles. The summed E-state index contributed by atoms with van der Waals surface area (Å²) in [4.78, 5) is 14.3. The van der Waals surface area contributed by atoms with Crippen LogP contribution in [0.25, 0.3) is 0 Å². The maximum absolute atomic E-state index is 12.5. The zero-order valence-electron chi connectivity index (χ0n) is 10.7. The minimum atomic E-state index is -0.0681. The standard InChI is InChI=1S/C14H18BrNO2/c1-10(9-15)16(2)14(17)12-7-8-18-13-6-4-3-5-11(12)13/h3-6,10,12H,7-9H2,1-2H3. The molecule has 0 aliphatic carbocycles. The van der Waals surface area contributed by atoms with Crippen LogP contribution in [0.2, 0.25) is 0 Å². The molecule has 2 unspecified atom stereocenters. The fourth-order valence-corrected chi connectivity index (χ4v) is 2.60. The molecule has 0 saturated carbocycles. The molecule has 3 nitrogen and oxygen atoms in total. The molecule has 0 N–H and O–H groups in total. The van der Waals surface area contributed by atoms with Gasteiger partial charge in [0.15, 0.2) is 0 Å². The minimum absolute atomic E-state index is 0.0681. The van der Waals surface area contributed by atoms with E-state index in [9.17, 15) is 4.79 Å². The van der Waals surface area contributed by atoms with Crippen molar-refractivity contribution in [2.45, 2.75) is 25.3 Å². The number of hydrogen-bond donors (Lipinski definition) is 0. The summed E-state index contributed by atoms with van der Waals surface area (Å²) >= 11 is 3.42. The Morgan fingerprint density at radius 2 is 2.28 bits per heavy atom. The van der Waals surface area contributed by atoms with Crippen molar-refractivity contribution in [2.24, 2.45) is 0 Å². The SMILES string of the molecule is CC(CBr)N(C)C(=O)C1CCOc2ccccc21. The van der Waals surface area contributed by atoms with E-state index in [1.807, 2.05) is 43.1 Å². The molecule has 0 saturated heterocycles. The van der Waals surface area contributed by atoms with E-state index < -0.39 is 0 Å². The number of likely N-dealkylation sites (N-methyl/N-ethyl adjacent to an activating group) is 1. The van der Waals surface area contributed by atoms with Gasteiger partial charge in [-0.05, 0) is 19.4 Å². The molecule has 1 aromatic carbocycles. The van der Waals surface area contributed by atoms with Crippen LogP contribution in [-0.4, -0.2) is 35.8 Å². The third kappa shape index (κ3) is 2.53. The lowest BCUT2D eigenvalue weighted by molar-refractivity contribution is -0.133. The van der Waals surface area contributed by atoms with Crippen LogP contribution in [-0.2, 0) is 4.79 Å². The average molecular weight is 312 g/mol. The van der Waals surface area contributed by atoms with Crippen molar-refractivity contribution in [3.63, 3.8) is 0 Å². The highest BCUT2D eigenvalue weighted by molar-refractivity contribution is 9.09. The van der Waals surface area contributed by atoms with Crippen LogP contribution >= 0.6 is 15.9 Å². The molecule has 1 heterocycles. The fraction of sp³-hybridized carbons (Fsp3) is 0.500. The highest BCUT2D eigenvalue weighted by Gasteiger charge is 2.30. The van der Waals surface area contributed by atoms with Crippen molar-refractivity contribution >= 4 is 21.8 Å². The van der Waals surface area contributed by atoms with Crippen LogP contribution in [0.1, 0.15) is 24.8 Å². The van der Waals surface area contributed by atoms with E-state index >= 15 is 0 Å². The van der Waals surface area contributed by atoms with Gasteiger partial charge in [0.25, 0.3) is 0 Å². The van der Waals surface area contributed by atoms with Crippen LogP contribution < -0.4 is 4.74 Å². The Kier molecular flexibility index (Phi) is 4.27. The fourth-order valence-electron chi connectivity index (χ4n) is 2.17. The molecule has 0 bridgehead atoms. The summed E-state index contributed by atoms with van der Waals surface area (Å²) < 4.78 is 5.59. The Hall–Kier alpha value is -1.03. The number of nitrogens with zero attached hydrogens (tertiary/aromatic N) is 1. The number of rotatable bonds is 3. The van der Waals surface area contributed by atoms with Crippen LogP contribution in [0.15, 0.2) is 24.3 Å². The van der Waals surface area contributed by atoms with Gasteiger partial charge in [-0.25, -0.2) is 0 Å². The number of para-hydroxylation sites is 1. The molecular weight excluding hydrogens is 294 g/mol. The molecule has 0 fully saturated rings. The third-order valence-corrected chi connectivity index (χ3v) is 4.43. The van der Waals surface area contributed by atoms with Crippen molar-refractivity contribution in [3.8, 4) is 5.75 Å². The van der Waals surface area contributed by atoms with Gasteiger partial charge >= 0.3 is 0 Å². The second-order valence-electron chi connectivity index (χ2n) is 4.68. The van der Waals surface area contributed by atoms with Crippen LogP contribution in [0.4, 0.5) is 0 Å². The zero-order valence-corrected chi connectivity index (χ0v) is 12.3. The third-order valence-electron chi connectivity index (χ3n) is 3.49. The number of carbonyl (C=O) groups is 1. The van der Waals surface area contributed by atoms with Crippen molar-refractivity contribution in [1.29, 1.82) is 0 Å². The minimum Gasteiger partial charge on any atom is -0.493 e. The van der Waals surface area contributed by atoms with Gasteiger partial charge < -0.3 is 9.64 Å².